The Bertz CT molecular complexity index is 853. The van der Waals surface area contributed by atoms with E-state index in [0.29, 0.717) is 0 Å². The predicted molar refractivity (Wildman–Crippen MR) is 79.9 cm³/mol. The Kier molecular flexibility index (Phi) is 5.25. The number of nitrogens with zero attached hydrogens (tertiary/aromatic N) is 2. The molecule has 2 rings (SSSR count). The zero-order valence-electron chi connectivity index (χ0n) is 13.0. The first-order valence-electron chi connectivity index (χ1n) is 7.00. The maximum absolute atomic E-state index is 13.3. The van der Waals surface area contributed by atoms with Crippen molar-refractivity contribution in [1.29, 1.82) is 0 Å². The van der Waals surface area contributed by atoms with E-state index < -0.39 is 41.3 Å². The molecule has 0 aliphatic carbocycles. The van der Waals surface area contributed by atoms with E-state index in [2.05, 4.69) is 5.32 Å². The van der Waals surface area contributed by atoms with Crippen molar-refractivity contribution in [3.05, 3.63) is 67.7 Å². The molecule has 1 heterocycles. The minimum absolute atomic E-state index is 0.00413. The van der Waals surface area contributed by atoms with Crippen LogP contribution < -0.4 is 16.6 Å². The largest absolute Gasteiger partial charge is 0.394 e. The molecule has 0 spiro atoms. The molecule has 1 aromatic carbocycles. The summed E-state index contributed by atoms with van der Waals surface area (Å²) >= 11 is 0. The van der Waals surface area contributed by atoms with Gasteiger partial charge in [-0.15, -0.1) is 0 Å². The first kappa shape index (κ1) is 18.0. The van der Waals surface area contributed by atoms with Crippen molar-refractivity contribution < 1.29 is 18.3 Å². The molecule has 1 aromatic heterocycles. The molecule has 6 nitrogen and oxygen atoms in total. The molecule has 1 unspecified atom stereocenters. The molecule has 130 valence electrons. The van der Waals surface area contributed by atoms with E-state index in [9.17, 15) is 27.9 Å². The number of aromatic nitrogens is 2. The number of benzene rings is 1. The fraction of sp³-hybridized carbons (Fsp3) is 0.333. The average Bonchev–Trinajstić information content (AvgIpc) is 2.55. The van der Waals surface area contributed by atoms with E-state index in [0.717, 1.165) is 16.7 Å². The van der Waals surface area contributed by atoms with Crippen LogP contribution in [0.25, 0.3) is 0 Å². The third kappa shape index (κ3) is 3.41. The predicted octanol–water partition coefficient (Wildman–Crippen LogP) is 0.325. The number of rotatable bonds is 5. The van der Waals surface area contributed by atoms with Crippen LogP contribution in [0.3, 0.4) is 0 Å². The molecular weight excluding hydrogens is 327 g/mol. The molecule has 1 atom stereocenters. The van der Waals surface area contributed by atoms with Crippen LogP contribution in [0, 0.1) is 17.5 Å². The van der Waals surface area contributed by atoms with Gasteiger partial charge in [0.25, 0.3) is 5.56 Å². The molecule has 0 aliphatic rings. The summed E-state index contributed by atoms with van der Waals surface area (Å²) in [7, 11) is 2.79. The molecule has 0 amide bonds. The third-order valence-corrected chi connectivity index (χ3v) is 3.65. The molecule has 0 fully saturated rings. The van der Waals surface area contributed by atoms with E-state index in [1.165, 1.54) is 24.9 Å². The Morgan fingerprint density at radius 1 is 1.17 bits per heavy atom. The van der Waals surface area contributed by atoms with Crippen LogP contribution in [0.2, 0.25) is 0 Å². The standard InChI is InChI=1S/C15H16F3N3O3/c1-20-6-9(14(23)21(2)15(20)24)5-19-12(7-22)8-3-10(16)13(18)11(17)4-8/h3-4,6,12,19,22H,5,7H2,1-2H3. The van der Waals surface area contributed by atoms with Gasteiger partial charge in [0, 0.05) is 32.4 Å². The van der Waals surface area contributed by atoms with Crippen LogP contribution in [0.1, 0.15) is 17.2 Å². The Morgan fingerprint density at radius 2 is 1.75 bits per heavy atom. The number of nitrogens with one attached hydrogen (secondary N) is 1. The van der Waals surface area contributed by atoms with Crippen molar-refractivity contribution in [2.75, 3.05) is 6.61 Å². The first-order chi connectivity index (χ1) is 11.3. The first-order valence-corrected chi connectivity index (χ1v) is 7.00. The minimum Gasteiger partial charge on any atom is -0.394 e. The summed E-state index contributed by atoms with van der Waals surface area (Å²) in [6.07, 6.45) is 1.33. The van der Waals surface area contributed by atoms with Crippen molar-refractivity contribution in [3.8, 4) is 0 Å². The number of aryl methyl sites for hydroxylation is 1. The van der Waals surface area contributed by atoms with Crippen LogP contribution >= 0.6 is 0 Å². The molecule has 2 aromatic rings. The maximum atomic E-state index is 13.3. The second-order valence-corrected chi connectivity index (χ2v) is 5.33. The Balaban J connectivity index is 2.27. The van der Waals surface area contributed by atoms with Crippen LogP contribution in [-0.2, 0) is 20.6 Å². The zero-order chi connectivity index (χ0) is 18.0. The summed E-state index contributed by atoms with van der Waals surface area (Å²) in [4.78, 5) is 23.6. The van der Waals surface area contributed by atoms with Crippen molar-refractivity contribution in [2.24, 2.45) is 14.1 Å². The zero-order valence-corrected chi connectivity index (χ0v) is 13.0. The van der Waals surface area contributed by atoms with E-state index >= 15 is 0 Å². The summed E-state index contributed by atoms with van der Waals surface area (Å²) in [5.74, 6) is -4.34. The number of hydrogen-bond acceptors (Lipinski definition) is 4. The topological polar surface area (TPSA) is 76.3 Å². The van der Waals surface area contributed by atoms with Gasteiger partial charge in [0.1, 0.15) is 0 Å². The van der Waals surface area contributed by atoms with Gasteiger partial charge in [-0.3, -0.25) is 9.36 Å². The van der Waals surface area contributed by atoms with Crippen LogP contribution in [0.5, 0.6) is 0 Å². The second kappa shape index (κ2) is 7.02. The molecule has 0 aliphatic heterocycles. The fourth-order valence-corrected chi connectivity index (χ4v) is 2.30. The Labute approximate surface area is 134 Å². The van der Waals surface area contributed by atoms with E-state index in [1.807, 2.05) is 0 Å². The number of aliphatic hydroxyl groups excluding tert-OH is 1. The van der Waals surface area contributed by atoms with Gasteiger partial charge < -0.3 is 15.0 Å². The minimum atomic E-state index is -1.60. The van der Waals surface area contributed by atoms with Gasteiger partial charge in [0.15, 0.2) is 17.5 Å². The second-order valence-electron chi connectivity index (χ2n) is 5.33. The van der Waals surface area contributed by atoms with Gasteiger partial charge >= 0.3 is 5.69 Å². The van der Waals surface area contributed by atoms with Crippen molar-refractivity contribution in [2.45, 2.75) is 12.6 Å². The lowest BCUT2D eigenvalue weighted by atomic mass is 10.1. The van der Waals surface area contributed by atoms with E-state index in [4.69, 9.17) is 0 Å². The molecule has 2 N–H and O–H groups in total. The summed E-state index contributed by atoms with van der Waals surface area (Å²) in [5.41, 5.74) is -0.805. The van der Waals surface area contributed by atoms with Gasteiger partial charge in [-0.1, -0.05) is 0 Å². The van der Waals surface area contributed by atoms with E-state index in [-0.39, 0.29) is 17.7 Å². The van der Waals surface area contributed by atoms with Gasteiger partial charge in [0.2, 0.25) is 0 Å². The van der Waals surface area contributed by atoms with Crippen molar-refractivity contribution in [1.82, 2.24) is 14.5 Å². The van der Waals surface area contributed by atoms with Gasteiger partial charge in [-0.25, -0.2) is 18.0 Å². The monoisotopic (exact) mass is 343 g/mol. The molecule has 24 heavy (non-hydrogen) atoms. The highest BCUT2D eigenvalue weighted by Crippen LogP contribution is 2.19. The molecule has 0 saturated heterocycles. The highest BCUT2D eigenvalue weighted by atomic mass is 19.2. The third-order valence-electron chi connectivity index (χ3n) is 3.65. The summed E-state index contributed by atoms with van der Waals surface area (Å²) < 4.78 is 41.7. The van der Waals surface area contributed by atoms with Gasteiger partial charge in [0.05, 0.1) is 12.6 Å². The van der Waals surface area contributed by atoms with Gasteiger partial charge in [-0.05, 0) is 17.7 Å². The maximum Gasteiger partial charge on any atom is 0.330 e. The number of halogens is 3. The molecular formula is C15H16F3N3O3. The summed E-state index contributed by atoms with van der Waals surface area (Å²) in [6, 6.07) is 0.618. The molecule has 9 heteroatoms. The number of aliphatic hydroxyl groups is 1. The highest BCUT2D eigenvalue weighted by molar-refractivity contribution is 5.23. The van der Waals surface area contributed by atoms with Crippen LogP contribution in [-0.4, -0.2) is 20.8 Å². The SMILES string of the molecule is Cn1cc(CNC(CO)c2cc(F)c(F)c(F)c2)c(=O)n(C)c1=O. The normalized spacial score (nSPS) is 12.4. The van der Waals surface area contributed by atoms with Crippen LogP contribution in [0.15, 0.2) is 27.9 Å². The molecule has 0 bridgehead atoms. The lowest BCUT2D eigenvalue weighted by molar-refractivity contribution is 0.242. The quantitative estimate of drug-likeness (QED) is 0.767. The van der Waals surface area contributed by atoms with Crippen molar-refractivity contribution in [3.63, 3.8) is 0 Å². The fourth-order valence-electron chi connectivity index (χ4n) is 2.30. The lowest BCUT2D eigenvalue weighted by Gasteiger charge is -2.17. The van der Waals surface area contributed by atoms with E-state index in [1.54, 1.807) is 0 Å². The highest BCUT2D eigenvalue weighted by Gasteiger charge is 2.17. The Morgan fingerprint density at radius 3 is 2.29 bits per heavy atom. The average molecular weight is 343 g/mol. The molecule has 0 radical (unpaired) electrons. The molecule has 0 saturated carbocycles. The van der Waals surface area contributed by atoms with Gasteiger partial charge in [-0.2, -0.15) is 0 Å². The van der Waals surface area contributed by atoms with Crippen molar-refractivity contribution >= 4 is 0 Å². The summed E-state index contributed by atoms with van der Waals surface area (Å²) in [5, 5.41) is 12.1. The Hall–Kier alpha value is -2.39. The lowest BCUT2D eigenvalue weighted by Crippen LogP contribution is -2.40. The van der Waals surface area contributed by atoms with Crippen LogP contribution in [0.4, 0.5) is 13.2 Å². The summed E-state index contributed by atoms with van der Waals surface area (Å²) in [6.45, 7) is -0.594. The number of hydrogen-bond donors (Lipinski definition) is 2. The smallest absolute Gasteiger partial charge is 0.330 e.